The Morgan fingerprint density at radius 1 is 1.50 bits per heavy atom. The van der Waals surface area contributed by atoms with Gasteiger partial charge >= 0.3 is 5.97 Å². The van der Waals surface area contributed by atoms with Gasteiger partial charge in [-0.05, 0) is 46.4 Å². The number of carboxylic acid groups (broad SMARTS) is 1. The molecule has 0 radical (unpaired) electrons. The normalized spacial score (nSPS) is 21.2. The van der Waals surface area contributed by atoms with Gasteiger partial charge in [-0.15, -0.1) is 0 Å². The fraction of sp³-hybridized carbons (Fsp3) is 0.917. The predicted molar refractivity (Wildman–Crippen MR) is 64.6 cm³/mol. The molecule has 0 aromatic carbocycles. The molecule has 0 spiro atoms. The van der Waals surface area contributed by atoms with Gasteiger partial charge in [0.15, 0.2) is 0 Å². The summed E-state index contributed by atoms with van der Waals surface area (Å²) in [7, 11) is 2.15. The van der Waals surface area contributed by atoms with Gasteiger partial charge in [0.1, 0.15) is 0 Å². The number of rotatable bonds is 5. The molecule has 94 valence electrons. The van der Waals surface area contributed by atoms with Crippen LogP contribution in [0.5, 0.6) is 0 Å². The lowest BCUT2D eigenvalue weighted by Gasteiger charge is -2.39. The largest absolute Gasteiger partial charge is 0.481 e. The van der Waals surface area contributed by atoms with E-state index < -0.39 is 5.97 Å². The van der Waals surface area contributed by atoms with Gasteiger partial charge in [-0.1, -0.05) is 6.92 Å². The first-order valence-electron chi connectivity index (χ1n) is 6.20. The molecule has 1 rings (SSSR count). The first kappa shape index (κ1) is 13.5. The number of hydrogen-bond donors (Lipinski definition) is 1. The Morgan fingerprint density at radius 2 is 2.06 bits per heavy atom. The summed E-state index contributed by atoms with van der Waals surface area (Å²) in [5.41, 5.74) is 0. The van der Waals surface area contributed by atoms with Gasteiger partial charge < -0.3 is 10.0 Å². The van der Waals surface area contributed by atoms with Crippen molar-refractivity contribution in [3.05, 3.63) is 0 Å². The van der Waals surface area contributed by atoms with E-state index in [0.29, 0.717) is 6.04 Å². The van der Waals surface area contributed by atoms with Crippen LogP contribution in [0, 0.1) is 0 Å². The van der Waals surface area contributed by atoms with Crippen LogP contribution in [-0.2, 0) is 4.79 Å². The Morgan fingerprint density at radius 3 is 2.50 bits per heavy atom. The van der Waals surface area contributed by atoms with Gasteiger partial charge in [0.2, 0.25) is 0 Å². The van der Waals surface area contributed by atoms with Gasteiger partial charge in [0.25, 0.3) is 0 Å². The van der Waals surface area contributed by atoms with Crippen molar-refractivity contribution in [2.75, 3.05) is 26.7 Å². The van der Waals surface area contributed by atoms with Gasteiger partial charge in [-0.25, -0.2) is 0 Å². The van der Waals surface area contributed by atoms with Gasteiger partial charge in [-0.3, -0.25) is 9.69 Å². The molecular formula is C12H24N2O2. The summed E-state index contributed by atoms with van der Waals surface area (Å²) < 4.78 is 0. The highest BCUT2D eigenvalue weighted by Crippen LogP contribution is 2.19. The van der Waals surface area contributed by atoms with Crippen LogP contribution in [0.25, 0.3) is 0 Å². The predicted octanol–water partition coefficient (Wildman–Crippen LogP) is 1.27. The molecule has 1 aliphatic heterocycles. The summed E-state index contributed by atoms with van der Waals surface area (Å²) in [5.74, 6) is -0.695. The van der Waals surface area contributed by atoms with E-state index in [1.807, 2.05) is 6.92 Å². The lowest BCUT2D eigenvalue weighted by Crippen LogP contribution is -2.47. The van der Waals surface area contributed by atoms with Crippen molar-refractivity contribution in [2.45, 2.75) is 45.2 Å². The fourth-order valence-electron chi connectivity index (χ4n) is 2.63. The monoisotopic (exact) mass is 228 g/mol. The van der Waals surface area contributed by atoms with E-state index in [1.165, 1.54) is 0 Å². The maximum atomic E-state index is 10.7. The fourth-order valence-corrected chi connectivity index (χ4v) is 2.63. The zero-order valence-electron chi connectivity index (χ0n) is 10.6. The van der Waals surface area contributed by atoms with Crippen LogP contribution in [0.4, 0.5) is 0 Å². The SMILES string of the molecule is CCN(C(C)CC(=O)O)C1CCN(C)CC1. The molecule has 1 heterocycles. The molecule has 4 heteroatoms. The minimum absolute atomic E-state index is 0.149. The molecule has 0 aliphatic carbocycles. The summed E-state index contributed by atoms with van der Waals surface area (Å²) >= 11 is 0. The molecule has 0 aromatic heterocycles. The molecule has 4 nitrogen and oxygen atoms in total. The molecule has 1 saturated heterocycles. The number of carbonyl (C=O) groups is 1. The Bertz CT molecular complexity index is 225. The van der Waals surface area contributed by atoms with Crippen LogP contribution in [0.3, 0.4) is 0 Å². The summed E-state index contributed by atoms with van der Waals surface area (Å²) in [4.78, 5) is 15.4. The highest BCUT2D eigenvalue weighted by molar-refractivity contribution is 5.67. The molecule has 0 saturated carbocycles. The number of likely N-dealkylation sites (tertiary alicyclic amines) is 1. The number of piperidine rings is 1. The molecule has 1 N–H and O–H groups in total. The molecule has 1 aliphatic rings. The van der Waals surface area contributed by atoms with E-state index in [4.69, 9.17) is 5.11 Å². The minimum Gasteiger partial charge on any atom is -0.481 e. The van der Waals surface area contributed by atoms with Gasteiger partial charge in [0, 0.05) is 12.1 Å². The molecule has 0 aromatic rings. The molecule has 16 heavy (non-hydrogen) atoms. The molecule has 0 bridgehead atoms. The van der Waals surface area contributed by atoms with Crippen molar-refractivity contribution in [2.24, 2.45) is 0 Å². The highest BCUT2D eigenvalue weighted by atomic mass is 16.4. The second kappa shape index (κ2) is 6.21. The van der Waals surface area contributed by atoms with E-state index >= 15 is 0 Å². The van der Waals surface area contributed by atoms with Crippen molar-refractivity contribution < 1.29 is 9.90 Å². The third-order valence-electron chi connectivity index (χ3n) is 3.56. The Labute approximate surface area is 98.2 Å². The maximum absolute atomic E-state index is 10.7. The van der Waals surface area contributed by atoms with Crippen LogP contribution < -0.4 is 0 Å². The maximum Gasteiger partial charge on any atom is 0.304 e. The molecule has 1 atom stereocenters. The van der Waals surface area contributed by atoms with E-state index in [-0.39, 0.29) is 12.5 Å². The standard InChI is InChI=1S/C12H24N2O2/c1-4-14(10(2)9-12(15)16)11-5-7-13(3)8-6-11/h10-11H,4-9H2,1-3H3,(H,15,16). The van der Waals surface area contributed by atoms with Crippen molar-refractivity contribution >= 4 is 5.97 Å². The first-order chi connectivity index (χ1) is 7.54. The zero-order valence-corrected chi connectivity index (χ0v) is 10.6. The topological polar surface area (TPSA) is 43.8 Å². The van der Waals surface area contributed by atoms with E-state index in [0.717, 1.165) is 32.5 Å². The summed E-state index contributed by atoms with van der Waals surface area (Å²) in [6.07, 6.45) is 2.57. The van der Waals surface area contributed by atoms with E-state index in [9.17, 15) is 4.79 Å². The van der Waals surface area contributed by atoms with Crippen LogP contribution >= 0.6 is 0 Å². The van der Waals surface area contributed by atoms with Crippen molar-refractivity contribution in [3.8, 4) is 0 Å². The molecule has 0 amide bonds. The van der Waals surface area contributed by atoms with E-state index in [1.54, 1.807) is 0 Å². The first-order valence-corrected chi connectivity index (χ1v) is 6.20. The zero-order chi connectivity index (χ0) is 12.1. The average molecular weight is 228 g/mol. The van der Waals surface area contributed by atoms with Crippen LogP contribution in [0.2, 0.25) is 0 Å². The van der Waals surface area contributed by atoms with E-state index in [2.05, 4.69) is 23.8 Å². The van der Waals surface area contributed by atoms with Crippen LogP contribution in [0.15, 0.2) is 0 Å². The quantitative estimate of drug-likeness (QED) is 0.769. The second-order valence-electron chi connectivity index (χ2n) is 4.81. The van der Waals surface area contributed by atoms with Crippen molar-refractivity contribution in [1.29, 1.82) is 0 Å². The minimum atomic E-state index is -0.695. The third-order valence-corrected chi connectivity index (χ3v) is 3.56. The molecule has 1 fully saturated rings. The number of carboxylic acids is 1. The Hall–Kier alpha value is -0.610. The average Bonchev–Trinajstić information content (AvgIpc) is 2.21. The van der Waals surface area contributed by atoms with Crippen molar-refractivity contribution in [1.82, 2.24) is 9.80 Å². The molecular weight excluding hydrogens is 204 g/mol. The number of aliphatic carboxylic acids is 1. The van der Waals surface area contributed by atoms with Gasteiger partial charge in [0.05, 0.1) is 6.42 Å². The van der Waals surface area contributed by atoms with Gasteiger partial charge in [-0.2, -0.15) is 0 Å². The summed E-state index contributed by atoms with van der Waals surface area (Å²) in [6.45, 7) is 7.34. The second-order valence-corrected chi connectivity index (χ2v) is 4.81. The van der Waals surface area contributed by atoms with Crippen LogP contribution in [-0.4, -0.2) is 59.6 Å². The summed E-state index contributed by atoms with van der Waals surface area (Å²) in [5, 5.41) is 8.83. The number of nitrogens with zero attached hydrogens (tertiary/aromatic N) is 2. The smallest absolute Gasteiger partial charge is 0.304 e. The lowest BCUT2D eigenvalue weighted by atomic mass is 10.0. The van der Waals surface area contributed by atoms with Crippen LogP contribution in [0.1, 0.15) is 33.1 Å². The lowest BCUT2D eigenvalue weighted by molar-refractivity contribution is -0.138. The van der Waals surface area contributed by atoms with Crippen molar-refractivity contribution in [3.63, 3.8) is 0 Å². The number of hydrogen-bond acceptors (Lipinski definition) is 3. The highest BCUT2D eigenvalue weighted by Gasteiger charge is 2.26. The third kappa shape index (κ3) is 3.76. The Kier molecular flexibility index (Phi) is 5.22. The molecule has 1 unspecified atom stereocenters. The Balaban J connectivity index is 2.49. The summed E-state index contributed by atoms with van der Waals surface area (Å²) in [6, 6.07) is 0.714.